The summed E-state index contributed by atoms with van der Waals surface area (Å²) >= 11 is 0. The first-order valence-electron chi connectivity index (χ1n) is 7.87. The lowest BCUT2D eigenvalue weighted by atomic mass is 10.1. The summed E-state index contributed by atoms with van der Waals surface area (Å²) in [6, 6.07) is 7.61. The van der Waals surface area contributed by atoms with Crippen molar-refractivity contribution in [2.75, 3.05) is 13.1 Å². The predicted octanol–water partition coefficient (Wildman–Crippen LogP) is 1.56. The van der Waals surface area contributed by atoms with Gasteiger partial charge in [0.25, 0.3) is 5.91 Å². The van der Waals surface area contributed by atoms with E-state index in [0.29, 0.717) is 5.75 Å². The van der Waals surface area contributed by atoms with E-state index >= 15 is 0 Å². The molecule has 0 unspecified atom stereocenters. The summed E-state index contributed by atoms with van der Waals surface area (Å²) in [5, 5.41) is 0. The largest absolute Gasteiger partial charge is 0.490 e. The van der Waals surface area contributed by atoms with E-state index in [1.807, 2.05) is 0 Å². The fourth-order valence-corrected chi connectivity index (χ4v) is 2.89. The molecule has 1 amide bonds. The molecule has 0 saturated carbocycles. The predicted molar refractivity (Wildman–Crippen MR) is 87.1 cm³/mol. The number of amides is 1. The second kappa shape index (κ2) is 6.83. The van der Waals surface area contributed by atoms with Crippen LogP contribution in [0.25, 0.3) is 0 Å². The molecule has 3 heterocycles. The Morgan fingerprint density at radius 1 is 1.39 bits per heavy atom. The van der Waals surface area contributed by atoms with Crippen LogP contribution in [-0.4, -0.2) is 39.6 Å². The van der Waals surface area contributed by atoms with Crippen LogP contribution in [0.3, 0.4) is 0 Å². The van der Waals surface area contributed by atoms with Gasteiger partial charge in [-0.25, -0.2) is 0 Å². The lowest BCUT2D eigenvalue weighted by Gasteiger charge is -2.32. The Kier molecular flexibility index (Phi) is 4.62. The third-order valence-electron chi connectivity index (χ3n) is 4.26. The van der Waals surface area contributed by atoms with Gasteiger partial charge >= 0.3 is 0 Å². The SMILES string of the molecule is Cn1cccc1CN1CCC(Oc2ccnc(C(N)=O)c2)CC1. The molecule has 2 aromatic rings. The Hall–Kier alpha value is -2.34. The lowest BCUT2D eigenvalue weighted by molar-refractivity contribution is 0.0944. The standard InChI is InChI=1S/C17H22N4O2/c1-20-8-2-3-13(20)12-21-9-5-14(6-10-21)23-15-4-7-19-16(11-15)17(18)22/h2-4,7-8,11,14H,5-6,9-10,12H2,1H3,(H2,18,22). The number of likely N-dealkylation sites (tertiary alicyclic amines) is 1. The zero-order valence-electron chi connectivity index (χ0n) is 13.3. The van der Waals surface area contributed by atoms with Crippen molar-refractivity contribution < 1.29 is 9.53 Å². The normalized spacial score (nSPS) is 16.4. The van der Waals surface area contributed by atoms with E-state index in [-0.39, 0.29) is 11.8 Å². The average Bonchev–Trinajstić information content (AvgIpc) is 2.95. The Morgan fingerprint density at radius 3 is 2.83 bits per heavy atom. The van der Waals surface area contributed by atoms with Gasteiger partial charge in [-0.1, -0.05) is 0 Å². The van der Waals surface area contributed by atoms with Crippen molar-refractivity contribution in [3.8, 4) is 5.75 Å². The number of rotatable bonds is 5. The van der Waals surface area contributed by atoms with Gasteiger partial charge in [-0.05, 0) is 31.0 Å². The van der Waals surface area contributed by atoms with Gasteiger partial charge in [0.1, 0.15) is 17.5 Å². The zero-order valence-corrected chi connectivity index (χ0v) is 13.3. The molecule has 2 aromatic heterocycles. The summed E-state index contributed by atoms with van der Waals surface area (Å²) in [4.78, 5) is 17.5. The maximum absolute atomic E-state index is 11.2. The maximum Gasteiger partial charge on any atom is 0.267 e. The van der Waals surface area contributed by atoms with Gasteiger partial charge in [-0.2, -0.15) is 0 Å². The van der Waals surface area contributed by atoms with Crippen LogP contribution in [0, 0.1) is 0 Å². The van der Waals surface area contributed by atoms with E-state index in [9.17, 15) is 4.79 Å². The molecule has 0 aromatic carbocycles. The maximum atomic E-state index is 11.2. The molecular formula is C17H22N4O2. The van der Waals surface area contributed by atoms with Crippen LogP contribution in [0.15, 0.2) is 36.7 Å². The molecule has 0 radical (unpaired) electrons. The summed E-state index contributed by atoms with van der Waals surface area (Å²) in [5.74, 6) is 0.127. The molecule has 2 N–H and O–H groups in total. The molecule has 3 rings (SSSR count). The number of nitrogens with two attached hydrogens (primary N) is 1. The van der Waals surface area contributed by atoms with Crippen LogP contribution in [-0.2, 0) is 13.6 Å². The third-order valence-corrected chi connectivity index (χ3v) is 4.26. The highest BCUT2D eigenvalue weighted by molar-refractivity contribution is 5.91. The van der Waals surface area contributed by atoms with Crippen LogP contribution in [0.4, 0.5) is 0 Å². The first-order valence-corrected chi connectivity index (χ1v) is 7.87. The number of hydrogen-bond acceptors (Lipinski definition) is 4. The monoisotopic (exact) mass is 314 g/mol. The van der Waals surface area contributed by atoms with Gasteiger partial charge < -0.3 is 15.0 Å². The molecule has 1 fully saturated rings. The van der Waals surface area contributed by atoms with Gasteiger partial charge in [0, 0.05) is 50.8 Å². The van der Waals surface area contributed by atoms with E-state index in [0.717, 1.165) is 32.5 Å². The van der Waals surface area contributed by atoms with Crippen molar-refractivity contribution in [3.05, 3.63) is 48.0 Å². The number of aryl methyl sites for hydroxylation is 1. The van der Waals surface area contributed by atoms with E-state index in [4.69, 9.17) is 10.5 Å². The van der Waals surface area contributed by atoms with E-state index in [1.165, 1.54) is 5.69 Å². The number of carbonyl (C=O) groups is 1. The van der Waals surface area contributed by atoms with Crippen molar-refractivity contribution in [2.45, 2.75) is 25.5 Å². The topological polar surface area (TPSA) is 73.4 Å². The highest BCUT2D eigenvalue weighted by Crippen LogP contribution is 2.20. The Labute approximate surface area is 135 Å². The third kappa shape index (κ3) is 3.90. The molecule has 0 bridgehead atoms. The van der Waals surface area contributed by atoms with Crippen molar-refractivity contribution >= 4 is 5.91 Å². The van der Waals surface area contributed by atoms with Gasteiger partial charge in [0.15, 0.2) is 0 Å². The minimum Gasteiger partial charge on any atom is -0.490 e. The zero-order chi connectivity index (χ0) is 16.2. The highest BCUT2D eigenvalue weighted by Gasteiger charge is 2.21. The number of aromatic nitrogens is 2. The highest BCUT2D eigenvalue weighted by atomic mass is 16.5. The Morgan fingerprint density at radius 2 is 2.17 bits per heavy atom. The first kappa shape index (κ1) is 15.6. The van der Waals surface area contributed by atoms with Crippen LogP contribution >= 0.6 is 0 Å². The number of piperidine rings is 1. The molecular weight excluding hydrogens is 292 g/mol. The van der Waals surface area contributed by atoms with E-state index in [1.54, 1.807) is 18.3 Å². The smallest absolute Gasteiger partial charge is 0.267 e. The molecule has 23 heavy (non-hydrogen) atoms. The second-order valence-electron chi connectivity index (χ2n) is 5.94. The summed E-state index contributed by atoms with van der Waals surface area (Å²) < 4.78 is 8.13. The molecule has 0 atom stereocenters. The van der Waals surface area contributed by atoms with Crippen LogP contribution < -0.4 is 10.5 Å². The first-order chi connectivity index (χ1) is 11.1. The molecule has 1 aliphatic rings. The molecule has 122 valence electrons. The van der Waals surface area contributed by atoms with Crippen LogP contribution in [0.1, 0.15) is 29.0 Å². The summed E-state index contributed by atoms with van der Waals surface area (Å²) in [5.41, 5.74) is 6.81. The number of primary amides is 1. The van der Waals surface area contributed by atoms with Gasteiger partial charge in [-0.3, -0.25) is 14.7 Å². The quantitative estimate of drug-likeness (QED) is 0.909. The Balaban J connectivity index is 1.52. The Bertz CT molecular complexity index is 675. The fourth-order valence-electron chi connectivity index (χ4n) is 2.89. The van der Waals surface area contributed by atoms with Gasteiger partial charge in [-0.15, -0.1) is 0 Å². The number of pyridine rings is 1. The van der Waals surface area contributed by atoms with Crippen molar-refractivity contribution in [1.82, 2.24) is 14.5 Å². The molecule has 6 nitrogen and oxygen atoms in total. The number of ether oxygens (including phenoxy) is 1. The van der Waals surface area contributed by atoms with Crippen LogP contribution in [0.2, 0.25) is 0 Å². The number of nitrogens with zero attached hydrogens (tertiary/aromatic N) is 3. The van der Waals surface area contributed by atoms with Gasteiger partial charge in [0.2, 0.25) is 0 Å². The summed E-state index contributed by atoms with van der Waals surface area (Å²) in [7, 11) is 2.07. The van der Waals surface area contributed by atoms with E-state index < -0.39 is 5.91 Å². The van der Waals surface area contributed by atoms with Crippen molar-refractivity contribution in [2.24, 2.45) is 12.8 Å². The molecule has 1 aliphatic heterocycles. The van der Waals surface area contributed by atoms with Gasteiger partial charge in [0.05, 0.1) is 0 Å². The number of carbonyl (C=O) groups excluding carboxylic acids is 1. The molecule has 1 saturated heterocycles. The van der Waals surface area contributed by atoms with Crippen LogP contribution in [0.5, 0.6) is 5.75 Å². The fraction of sp³-hybridized carbons (Fsp3) is 0.412. The van der Waals surface area contributed by atoms with E-state index in [2.05, 4.69) is 39.8 Å². The number of hydrogen-bond donors (Lipinski definition) is 1. The minimum atomic E-state index is -0.534. The average molecular weight is 314 g/mol. The molecule has 6 heteroatoms. The van der Waals surface area contributed by atoms with Crippen molar-refractivity contribution in [3.63, 3.8) is 0 Å². The van der Waals surface area contributed by atoms with Crippen molar-refractivity contribution in [1.29, 1.82) is 0 Å². The molecule has 0 spiro atoms. The summed E-state index contributed by atoms with van der Waals surface area (Å²) in [6.07, 6.45) is 5.74. The second-order valence-corrected chi connectivity index (χ2v) is 5.94. The minimum absolute atomic E-state index is 0.169. The lowest BCUT2D eigenvalue weighted by Crippen LogP contribution is -2.38. The molecule has 0 aliphatic carbocycles. The summed E-state index contributed by atoms with van der Waals surface area (Å²) in [6.45, 7) is 2.98.